The van der Waals surface area contributed by atoms with Crippen molar-refractivity contribution >= 4 is 11.8 Å². The van der Waals surface area contributed by atoms with Crippen molar-refractivity contribution in [1.82, 2.24) is 9.88 Å². The lowest BCUT2D eigenvalue weighted by Crippen LogP contribution is -2.49. The van der Waals surface area contributed by atoms with Gasteiger partial charge in [-0.1, -0.05) is 12.1 Å². The van der Waals surface area contributed by atoms with E-state index in [1.807, 2.05) is 48.2 Å². The Balaban J connectivity index is 1.76. The number of piperazine rings is 1. The van der Waals surface area contributed by atoms with Gasteiger partial charge in [0.25, 0.3) is 0 Å². The first kappa shape index (κ1) is 17.2. The summed E-state index contributed by atoms with van der Waals surface area (Å²) < 4.78 is 5.22. The molecule has 1 aromatic carbocycles. The van der Waals surface area contributed by atoms with Crippen LogP contribution < -0.4 is 9.64 Å². The highest BCUT2D eigenvalue weighted by atomic mass is 16.5. The third kappa shape index (κ3) is 3.74. The maximum Gasteiger partial charge on any atom is 0.325 e. The molecule has 25 heavy (non-hydrogen) atoms. The average molecular weight is 341 g/mol. The number of pyridine rings is 1. The van der Waals surface area contributed by atoms with E-state index in [2.05, 4.69) is 9.88 Å². The highest BCUT2D eigenvalue weighted by molar-refractivity contribution is 5.76. The van der Waals surface area contributed by atoms with Crippen LogP contribution in [0.3, 0.4) is 0 Å². The molecule has 1 aliphatic heterocycles. The van der Waals surface area contributed by atoms with Gasteiger partial charge in [0, 0.05) is 32.4 Å². The van der Waals surface area contributed by atoms with E-state index in [1.165, 1.54) is 0 Å². The van der Waals surface area contributed by atoms with Gasteiger partial charge in [0.2, 0.25) is 0 Å². The minimum absolute atomic E-state index is 0.642. The second kappa shape index (κ2) is 7.53. The Morgan fingerprint density at radius 3 is 2.52 bits per heavy atom. The molecule has 1 saturated heterocycles. The van der Waals surface area contributed by atoms with Gasteiger partial charge in [-0.2, -0.15) is 0 Å². The lowest BCUT2D eigenvalue weighted by molar-refractivity contribution is -0.143. The maximum atomic E-state index is 12.0. The van der Waals surface area contributed by atoms with Crippen LogP contribution in [0.2, 0.25) is 0 Å². The number of anilines is 1. The first-order valence-corrected chi connectivity index (χ1v) is 8.37. The Labute approximate surface area is 147 Å². The van der Waals surface area contributed by atoms with Crippen molar-refractivity contribution < 1.29 is 14.6 Å². The summed E-state index contributed by atoms with van der Waals surface area (Å²) in [5.74, 6) is 0.861. The SMILES string of the molecule is COc1ccc([C@H](C(=O)O)N2CCN(c3ccccn3)CC2)c(C)c1. The van der Waals surface area contributed by atoms with Crippen molar-refractivity contribution in [2.24, 2.45) is 0 Å². The van der Waals surface area contributed by atoms with Crippen LogP contribution >= 0.6 is 0 Å². The summed E-state index contributed by atoms with van der Waals surface area (Å²) in [5, 5.41) is 9.81. The minimum Gasteiger partial charge on any atom is -0.497 e. The summed E-state index contributed by atoms with van der Waals surface area (Å²) in [6.45, 7) is 4.81. The molecule has 6 heteroatoms. The summed E-state index contributed by atoms with van der Waals surface area (Å²) >= 11 is 0. The van der Waals surface area contributed by atoms with Gasteiger partial charge >= 0.3 is 5.97 Å². The summed E-state index contributed by atoms with van der Waals surface area (Å²) in [7, 11) is 1.61. The highest BCUT2D eigenvalue weighted by Gasteiger charge is 2.31. The molecule has 132 valence electrons. The standard InChI is InChI=1S/C19H23N3O3/c1-14-13-15(25-2)6-7-16(14)18(19(23)24)22-11-9-21(10-12-22)17-5-3-4-8-20-17/h3-8,13,18H,9-12H2,1-2H3,(H,23,24)/t18-/m1/s1. The highest BCUT2D eigenvalue weighted by Crippen LogP contribution is 2.28. The number of rotatable bonds is 5. The van der Waals surface area contributed by atoms with Crippen molar-refractivity contribution in [3.8, 4) is 5.75 Å². The second-order valence-corrected chi connectivity index (χ2v) is 6.17. The molecule has 0 spiro atoms. The number of hydrogen-bond acceptors (Lipinski definition) is 5. The minimum atomic E-state index is -0.820. The quantitative estimate of drug-likeness (QED) is 0.900. The van der Waals surface area contributed by atoms with E-state index in [4.69, 9.17) is 4.74 Å². The number of ether oxygens (including phenoxy) is 1. The first-order chi connectivity index (χ1) is 12.1. The van der Waals surface area contributed by atoms with E-state index in [1.54, 1.807) is 13.3 Å². The predicted octanol–water partition coefficient (Wildman–Crippen LogP) is 2.35. The number of carboxylic acids is 1. The zero-order valence-electron chi connectivity index (χ0n) is 14.6. The van der Waals surface area contributed by atoms with E-state index in [-0.39, 0.29) is 0 Å². The van der Waals surface area contributed by atoms with Gasteiger partial charge in [-0.15, -0.1) is 0 Å². The number of aryl methyl sites for hydroxylation is 1. The molecule has 0 aliphatic carbocycles. The van der Waals surface area contributed by atoms with Crippen molar-refractivity contribution in [1.29, 1.82) is 0 Å². The van der Waals surface area contributed by atoms with Gasteiger partial charge < -0.3 is 14.7 Å². The Morgan fingerprint density at radius 2 is 1.96 bits per heavy atom. The summed E-state index contributed by atoms with van der Waals surface area (Å²) in [4.78, 5) is 20.5. The van der Waals surface area contributed by atoms with Gasteiger partial charge in [-0.05, 0) is 42.3 Å². The van der Waals surface area contributed by atoms with Crippen LogP contribution in [0.1, 0.15) is 17.2 Å². The molecule has 0 saturated carbocycles. The Bertz CT molecular complexity index is 728. The third-order valence-electron chi connectivity index (χ3n) is 4.66. The topological polar surface area (TPSA) is 65.9 Å². The molecule has 1 fully saturated rings. The molecule has 0 amide bonds. The molecule has 3 rings (SSSR count). The average Bonchev–Trinajstić information content (AvgIpc) is 2.64. The lowest BCUT2D eigenvalue weighted by atomic mass is 9.99. The van der Waals surface area contributed by atoms with E-state index in [9.17, 15) is 9.90 Å². The Morgan fingerprint density at radius 1 is 1.20 bits per heavy atom. The van der Waals surface area contributed by atoms with Gasteiger partial charge in [0.1, 0.15) is 17.6 Å². The molecule has 0 radical (unpaired) electrons. The number of carbonyl (C=O) groups is 1. The molecule has 2 aromatic rings. The van der Waals surface area contributed by atoms with Crippen molar-refractivity contribution in [3.63, 3.8) is 0 Å². The molecule has 1 atom stereocenters. The van der Waals surface area contributed by atoms with Crippen molar-refractivity contribution in [2.75, 3.05) is 38.2 Å². The van der Waals surface area contributed by atoms with Crippen LogP contribution in [0.15, 0.2) is 42.6 Å². The summed E-state index contributed by atoms with van der Waals surface area (Å²) in [6.07, 6.45) is 1.78. The largest absolute Gasteiger partial charge is 0.497 e. The predicted molar refractivity (Wildman–Crippen MR) is 96.1 cm³/mol. The lowest BCUT2D eigenvalue weighted by Gasteiger charge is -2.38. The van der Waals surface area contributed by atoms with Crippen molar-refractivity contribution in [3.05, 3.63) is 53.7 Å². The Hall–Kier alpha value is -2.60. The number of carboxylic acid groups (broad SMARTS) is 1. The van der Waals surface area contributed by atoms with Gasteiger partial charge in [-0.3, -0.25) is 9.69 Å². The summed E-state index contributed by atoms with van der Waals surface area (Å²) in [6, 6.07) is 10.8. The summed E-state index contributed by atoms with van der Waals surface area (Å²) in [5.41, 5.74) is 1.75. The Kier molecular flexibility index (Phi) is 5.19. The molecule has 1 aliphatic rings. The third-order valence-corrected chi connectivity index (χ3v) is 4.66. The molecule has 2 heterocycles. The van der Waals surface area contributed by atoms with Gasteiger partial charge in [-0.25, -0.2) is 4.98 Å². The maximum absolute atomic E-state index is 12.0. The van der Waals surface area contributed by atoms with Gasteiger partial charge in [0.15, 0.2) is 0 Å². The number of aliphatic carboxylic acids is 1. The fraction of sp³-hybridized carbons (Fsp3) is 0.368. The van der Waals surface area contributed by atoms with E-state index < -0.39 is 12.0 Å². The van der Waals surface area contributed by atoms with Crippen LogP contribution in [0.4, 0.5) is 5.82 Å². The monoisotopic (exact) mass is 341 g/mol. The van der Waals surface area contributed by atoms with E-state index in [0.29, 0.717) is 13.1 Å². The number of methoxy groups -OCH3 is 1. The molecular formula is C19H23N3O3. The number of benzene rings is 1. The molecule has 0 bridgehead atoms. The van der Waals surface area contributed by atoms with E-state index in [0.717, 1.165) is 35.8 Å². The van der Waals surface area contributed by atoms with Crippen LogP contribution in [-0.2, 0) is 4.79 Å². The van der Waals surface area contributed by atoms with Crippen molar-refractivity contribution in [2.45, 2.75) is 13.0 Å². The number of hydrogen-bond donors (Lipinski definition) is 1. The molecule has 1 aromatic heterocycles. The molecule has 1 N–H and O–H groups in total. The van der Waals surface area contributed by atoms with Crippen LogP contribution in [0, 0.1) is 6.92 Å². The number of aromatic nitrogens is 1. The second-order valence-electron chi connectivity index (χ2n) is 6.17. The van der Waals surface area contributed by atoms with Gasteiger partial charge in [0.05, 0.1) is 7.11 Å². The number of nitrogens with zero attached hydrogens (tertiary/aromatic N) is 3. The van der Waals surface area contributed by atoms with Crippen LogP contribution in [0.5, 0.6) is 5.75 Å². The first-order valence-electron chi connectivity index (χ1n) is 8.37. The van der Waals surface area contributed by atoms with E-state index >= 15 is 0 Å². The van der Waals surface area contributed by atoms with Crippen LogP contribution in [-0.4, -0.2) is 54.2 Å². The molecule has 0 unspecified atom stereocenters. The molecule has 6 nitrogen and oxygen atoms in total. The normalized spacial score (nSPS) is 16.5. The molecular weight excluding hydrogens is 318 g/mol. The fourth-order valence-electron chi connectivity index (χ4n) is 3.32. The fourth-order valence-corrected chi connectivity index (χ4v) is 3.32. The smallest absolute Gasteiger partial charge is 0.325 e. The van der Waals surface area contributed by atoms with Crippen LogP contribution in [0.25, 0.3) is 0 Å². The zero-order valence-corrected chi connectivity index (χ0v) is 14.6. The zero-order chi connectivity index (χ0) is 17.8.